The second kappa shape index (κ2) is 5.30. The SMILES string of the molecule is COC(=O)c1cc(I)c2oc(CC(C)C)cc2c1. The fourth-order valence-electron chi connectivity index (χ4n) is 1.90. The molecule has 0 saturated carbocycles. The molecule has 4 heteroatoms. The summed E-state index contributed by atoms with van der Waals surface area (Å²) in [4.78, 5) is 11.5. The molecule has 18 heavy (non-hydrogen) atoms. The molecule has 3 nitrogen and oxygen atoms in total. The monoisotopic (exact) mass is 358 g/mol. The molecule has 0 saturated heterocycles. The van der Waals surface area contributed by atoms with Gasteiger partial charge in [0.2, 0.25) is 0 Å². The number of rotatable bonds is 3. The van der Waals surface area contributed by atoms with Crippen LogP contribution in [0, 0.1) is 9.49 Å². The third-order valence-corrected chi connectivity index (χ3v) is 3.45. The van der Waals surface area contributed by atoms with Crippen LogP contribution in [-0.2, 0) is 11.2 Å². The summed E-state index contributed by atoms with van der Waals surface area (Å²) in [6, 6.07) is 5.61. The first-order chi connectivity index (χ1) is 8.51. The van der Waals surface area contributed by atoms with E-state index in [-0.39, 0.29) is 5.97 Å². The first kappa shape index (κ1) is 13.4. The van der Waals surface area contributed by atoms with E-state index >= 15 is 0 Å². The van der Waals surface area contributed by atoms with Crippen molar-refractivity contribution in [3.63, 3.8) is 0 Å². The van der Waals surface area contributed by atoms with Gasteiger partial charge in [-0.25, -0.2) is 4.79 Å². The summed E-state index contributed by atoms with van der Waals surface area (Å²) < 4.78 is 11.5. The molecule has 0 radical (unpaired) electrons. The van der Waals surface area contributed by atoms with Crippen molar-refractivity contribution in [3.8, 4) is 0 Å². The Bertz CT molecular complexity index is 584. The molecule has 2 rings (SSSR count). The van der Waals surface area contributed by atoms with Gasteiger partial charge in [-0.2, -0.15) is 0 Å². The number of esters is 1. The molecule has 2 aromatic rings. The zero-order valence-corrected chi connectivity index (χ0v) is 12.8. The molecule has 1 heterocycles. The highest BCUT2D eigenvalue weighted by Crippen LogP contribution is 2.27. The van der Waals surface area contributed by atoms with Crippen molar-refractivity contribution in [1.82, 2.24) is 0 Å². The number of benzene rings is 1. The van der Waals surface area contributed by atoms with E-state index in [2.05, 4.69) is 36.4 Å². The Morgan fingerprint density at radius 1 is 1.39 bits per heavy atom. The number of ether oxygens (including phenoxy) is 1. The van der Waals surface area contributed by atoms with E-state index < -0.39 is 0 Å². The number of carbonyl (C=O) groups excluding carboxylic acids is 1. The molecular formula is C14H15IO3. The van der Waals surface area contributed by atoms with Gasteiger partial charge in [-0.05, 0) is 46.7 Å². The Morgan fingerprint density at radius 3 is 2.72 bits per heavy atom. The van der Waals surface area contributed by atoms with Crippen LogP contribution in [0.3, 0.4) is 0 Å². The lowest BCUT2D eigenvalue weighted by Crippen LogP contribution is -2.01. The highest BCUT2D eigenvalue weighted by Gasteiger charge is 2.13. The second-order valence-electron chi connectivity index (χ2n) is 4.68. The number of hydrogen-bond acceptors (Lipinski definition) is 3. The number of furan rings is 1. The van der Waals surface area contributed by atoms with Crippen LogP contribution in [0.1, 0.15) is 30.0 Å². The van der Waals surface area contributed by atoms with E-state index in [1.165, 1.54) is 7.11 Å². The Morgan fingerprint density at radius 2 is 2.11 bits per heavy atom. The highest BCUT2D eigenvalue weighted by molar-refractivity contribution is 14.1. The molecule has 96 valence electrons. The van der Waals surface area contributed by atoms with Gasteiger partial charge in [0, 0.05) is 11.8 Å². The van der Waals surface area contributed by atoms with E-state index in [4.69, 9.17) is 9.15 Å². The molecule has 0 aliphatic heterocycles. The molecule has 0 atom stereocenters. The predicted molar refractivity (Wildman–Crippen MR) is 78.8 cm³/mol. The van der Waals surface area contributed by atoms with Crippen molar-refractivity contribution >= 4 is 39.5 Å². The lowest BCUT2D eigenvalue weighted by Gasteiger charge is -2.00. The van der Waals surface area contributed by atoms with Crippen molar-refractivity contribution < 1.29 is 13.9 Å². The van der Waals surface area contributed by atoms with Crippen LogP contribution < -0.4 is 0 Å². The average Bonchev–Trinajstić information content (AvgIpc) is 2.69. The molecular weight excluding hydrogens is 343 g/mol. The highest BCUT2D eigenvalue weighted by atomic mass is 127. The summed E-state index contributed by atoms with van der Waals surface area (Å²) in [5, 5.41) is 0.956. The lowest BCUT2D eigenvalue weighted by atomic mass is 10.1. The molecule has 0 amide bonds. The van der Waals surface area contributed by atoms with Crippen LogP contribution in [0.2, 0.25) is 0 Å². The van der Waals surface area contributed by atoms with Crippen LogP contribution in [0.15, 0.2) is 22.6 Å². The van der Waals surface area contributed by atoms with Gasteiger partial charge in [-0.3, -0.25) is 0 Å². The van der Waals surface area contributed by atoms with Crippen LogP contribution >= 0.6 is 22.6 Å². The topological polar surface area (TPSA) is 39.4 Å². The van der Waals surface area contributed by atoms with Crippen molar-refractivity contribution in [2.45, 2.75) is 20.3 Å². The molecule has 0 fully saturated rings. The minimum Gasteiger partial charge on any atom is -0.465 e. The zero-order chi connectivity index (χ0) is 13.3. The maximum atomic E-state index is 11.5. The minimum absolute atomic E-state index is 0.318. The van der Waals surface area contributed by atoms with Gasteiger partial charge in [0.05, 0.1) is 16.2 Å². The van der Waals surface area contributed by atoms with Gasteiger partial charge in [-0.1, -0.05) is 13.8 Å². The molecule has 0 N–H and O–H groups in total. The Labute approximate surface area is 120 Å². The quantitative estimate of drug-likeness (QED) is 0.615. The van der Waals surface area contributed by atoms with Gasteiger partial charge >= 0.3 is 5.97 Å². The van der Waals surface area contributed by atoms with E-state index in [1.54, 1.807) is 6.07 Å². The summed E-state index contributed by atoms with van der Waals surface area (Å²) >= 11 is 2.18. The Kier molecular flexibility index (Phi) is 3.94. The summed E-state index contributed by atoms with van der Waals surface area (Å²) in [7, 11) is 1.39. The third kappa shape index (κ3) is 2.68. The number of carbonyl (C=O) groups is 1. The van der Waals surface area contributed by atoms with Gasteiger partial charge in [-0.15, -0.1) is 0 Å². The third-order valence-electron chi connectivity index (χ3n) is 2.65. The minimum atomic E-state index is -0.318. The van der Waals surface area contributed by atoms with Gasteiger partial charge in [0.25, 0.3) is 0 Å². The zero-order valence-electron chi connectivity index (χ0n) is 10.6. The number of methoxy groups -OCH3 is 1. The number of halogens is 1. The Balaban J connectivity index is 2.48. The van der Waals surface area contributed by atoms with Crippen LogP contribution in [0.5, 0.6) is 0 Å². The van der Waals surface area contributed by atoms with Gasteiger partial charge < -0.3 is 9.15 Å². The van der Waals surface area contributed by atoms with E-state index in [0.29, 0.717) is 11.5 Å². The normalized spacial score (nSPS) is 11.2. The first-order valence-corrected chi connectivity index (χ1v) is 6.89. The molecule has 1 aromatic carbocycles. The summed E-state index contributed by atoms with van der Waals surface area (Å²) in [5.41, 5.74) is 1.41. The maximum absolute atomic E-state index is 11.5. The molecule has 0 spiro atoms. The van der Waals surface area contributed by atoms with Crippen molar-refractivity contribution in [1.29, 1.82) is 0 Å². The summed E-state index contributed by atoms with van der Waals surface area (Å²) in [6.45, 7) is 4.30. The van der Waals surface area contributed by atoms with E-state index in [0.717, 1.165) is 26.7 Å². The lowest BCUT2D eigenvalue weighted by molar-refractivity contribution is 0.0601. The molecule has 0 aliphatic rings. The van der Waals surface area contributed by atoms with E-state index in [1.807, 2.05) is 12.1 Å². The summed E-state index contributed by atoms with van der Waals surface area (Å²) in [6.07, 6.45) is 0.901. The fraction of sp³-hybridized carbons (Fsp3) is 0.357. The molecule has 0 unspecified atom stereocenters. The standard InChI is InChI=1S/C14H15IO3/c1-8(2)4-11-6-9-5-10(14(16)17-3)7-12(15)13(9)18-11/h5-8H,4H2,1-3H3. The van der Waals surface area contributed by atoms with Crippen LogP contribution in [0.4, 0.5) is 0 Å². The van der Waals surface area contributed by atoms with Crippen molar-refractivity contribution in [2.24, 2.45) is 5.92 Å². The molecule has 0 aliphatic carbocycles. The average molecular weight is 358 g/mol. The van der Waals surface area contributed by atoms with Crippen LogP contribution in [-0.4, -0.2) is 13.1 Å². The maximum Gasteiger partial charge on any atom is 0.337 e. The molecule has 0 bridgehead atoms. The van der Waals surface area contributed by atoms with E-state index in [9.17, 15) is 4.79 Å². The fourth-order valence-corrected chi connectivity index (χ4v) is 2.66. The largest absolute Gasteiger partial charge is 0.465 e. The first-order valence-electron chi connectivity index (χ1n) is 5.81. The number of fused-ring (bicyclic) bond motifs is 1. The molecule has 1 aromatic heterocycles. The smallest absolute Gasteiger partial charge is 0.337 e. The van der Waals surface area contributed by atoms with Crippen molar-refractivity contribution in [2.75, 3.05) is 7.11 Å². The van der Waals surface area contributed by atoms with Gasteiger partial charge in [0.15, 0.2) is 0 Å². The number of hydrogen-bond donors (Lipinski definition) is 0. The van der Waals surface area contributed by atoms with Crippen molar-refractivity contribution in [3.05, 3.63) is 33.1 Å². The predicted octanol–water partition coefficient (Wildman–Crippen LogP) is 4.02. The summed E-state index contributed by atoms with van der Waals surface area (Å²) in [5.74, 6) is 1.18. The Hall–Kier alpha value is -1.04. The second-order valence-corrected chi connectivity index (χ2v) is 5.84. The van der Waals surface area contributed by atoms with Crippen LogP contribution in [0.25, 0.3) is 11.0 Å². The van der Waals surface area contributed by atoms with Gasteiger partial charge in [0.1, 0.15) is 11.3 Å².